The minimum atomic E-state index is -0.00554. The monoisotopic (exact) mass is 330 g/mol. The Balaban J connectivity index is 2.23. The molecular formula is C15H30Sn. The zero-order valence-corrected chi connectivity index (χ0v) is 14.5. The van der Waals surface area contributed by atoms with Crippen molar-refractivity contribution in [2.75, 3.05) is 0 Å². The third-order valence-electron chi connectivity index (χ3n) is 4.06. The molecule has 0 amide bonds. The molecule has 2 atom stereocenters. The van der Waals surface area contributed by atoms with E-state index in [4.69, 9.17) is 0 Å². The molecule has 1 heteroatoms. The summed E-state index contributed by atoms with van der Waals surface area (Å²) in [6.07, 6.45) is 12.2. The van der Waals surface area contributed by atoms with E-state index in [-0.39, 0.29) is 21.1 Å². The van der Waals surface area contributed by atoms with Crippen LogP contribution in [-0.2, 0) is 0 Å². The molecule has 1 rings (SSSR count). The topological polar surface area (TPSA) is 0 Å². The summed E-state index contributed by atoms with van der Waals surface area (Å²) >= 11 is -0.00554. The fraction of sp³-hybridized carbons (Fsp3) is 1.00. The quantitative estimate of drug-likeness (QED) is 0.554. The van der Waals surface area contributed by atoms with Gasteiger partial charge in [0.05, 0.1) is 0 Å². The van der Waals surface area contributed by atoms with E-state index in [1.165, 1.54) is 32.1 Å². The van der Waals surface area contributed by atoms with Crippen molar-refractivity contribution in [3.63, 3.8) is 0 Å². The average molecular weight is 329 g/mol. The molecule has 1 aliphatic carbocycles. The van der Waals surface area contributed by atoms with Crippen LogP contribution < -0.4 is 0 Å². The molecule has 1 saturated carbocycles. The molecule has 0 aromatic heterocycles. The second-order valence-corrected chi connectivity index (χ2v) is 11.7. The third kappa shape index (κ3) is 5.93. The molecule has 94 valence electrons. The van der Waals surface area contributed by atoms with Gasteiger partial charge in [0.1, 0.15) is 0 Å². The third-order valence-corrected chi connectivity index (χ3v) is 8.04. The van der Waals surface area contributed by atoms with Crippen molar-refractivity contribution in [2.24, 2.45) is 11.8 Å². The summed E-state index contributed by atoms with van der Waals surface area (Å²) in [5, 5.41) is 0. The molecule has 0 aliphatic heterocycles. The first-order valence-corrected chi connectivity index (χ1v) is 11.1. The molecule has 0 spiro atoms. The summed E-state index contributed by atoms with van der Waals surface area (Å²) in [7, 11) is 0. The van der Waals surface area contributed by atoms with Crippen LogP contribution in [0.1, 0.15) is 72.1 Å². The van der Waals surface area contributed by atoms with Crippen LogP contribution in [0.2, 0.25) is 8.37 Å². The summed E-state index contributed by atoms with van der Waals surface area (Å²) in [6, 6.07) is 0. The second kappa shape index (κ2) is 8.83. The van der Waals surface area contributed by atoms with Crippen molar-refractivity contribution in [1.82, 2.24) is 0 Å². The first-order valence-electron chi connectivity index (χ1n) is 7.47. The van der Waals surface area contributed by atoms with E-state index in [0.717, 1.165) is 15.8 Å². The van der Waals surface area contributed by atoms with Gasteiger partial charge in [-0.2, -0.15) is 0 Å². The van der Waals surface area contributed by atoms with Crippen molar-refractivity contribution < 1.29 is 0 Å². The summed E-state index contributed by atoms with van der Waals surface area (Å²) in [6.45, 7) is 7.20. The molecule has 0 nitrogen and oxygen atoms in total. The summed E-state index contributed by atoms with van der Waals surface area (Å²) in [5.74, 6) is 2.24. The van der Waals surface area contributed by atoms with Crippen molar-refractivity contribution in [3.8, 4) is 0 Å². The number of rotatable bonds is 7. The molecule has 0 N–H and O–H groups in total. The number of unbranched alkanes of at least 4 members (excludes halogenated alkanes) is 1. The van der Waals surface area contributed by atoms with Crippen LogP contribution in [0.5, 0.6) is 0 Å². The molecule has 1 fully saturated rings. The van der Waals surface area contributed by atoms with Crippen molar-refractivity contribution >= 4 is 21.1 Å². The maximum atomic E-state index is 2.43. The van der Waals surface area contributed by atoms with E-state index in [1.807, 2.05) is 0 Å². The summed E-state index contributed by atoms with van der Waals surface area (Å²) in [5.41, 5.74) is 0. The molecule has 2 radical (unpaired) electrons. The van der Waals surface area contributed by atoms with Crippen molar-refractivity contribution in [3.05, 3.63) is 0 Å². The van der Waals surface area contributed by atoms with Gasteiger partial charge >= 0.3 is 113 Å². The van der Waals surface area contributed by atoms with Crippen LogP contribution in [0.15, 0.2) is 0 Å². The maximum absolute atomic E-state index is 2.43. The molecule has 0 heterocycles. The van der Waals surface area contributed by atoms with Gasteiger partial charge in [0.25, 0.3) is 0 Å². The van der Waals surface area contributed by atoms with Crippen LogP contribution in [0.25, 0.3) is 0 Å². The van der Waals surface area contributed by atoms with Gasteiger partial charge in [-0.25, -0.2) is 0 Å². The molecule has 16 heavy (non-hydrogen) atoms. The summed E-state index contributed by atoms with van der Waals surface area (Å²) in [4.78, 5) is 0. The SMILES string of the molecule is CCCCC1CCCCC1C[CH2][Sn][CH](C)C. The Kier molecular flexibility index (Phi) is 8.20. The van der Waals surface area contributed by atoms with E-state index in [9.17, 15) is 0 Å². The Morgan fingerprint density at radius 3 is 2.25 bits per heavy atom. The zero-order valence-electron chi connectivity index (χ0n) is 11.6. The number of hydrogen-bond donors (Lipinski definition) is 0. The molecule has 1 aliphatic rings. The van der Waals surface area contributed by atoms with Gasteiger partial charge in [-0.05, 0) is 0 Å². The Bertz CT molecular complexity index is 165. The van der Waals surface area contributed by atoms with Crippen LogP contribution >= 0.6 is 0 Å². The molecule has 0 aromatic carbocycles. The molecule has 0 aromatic rings. The Morgan fingerprint density at radius 2 is 1.69 bits per heavy atom. The fourth-order valence-corrected chi connectivity index (χ4v) is 6.25. The van der Waals surface area contributed by atoms with E-state index < -0.39 is 0 Å². The van der Waals surface area contributed by atoms with Crippen molar-refractivity contribution in [1.29, 1.82) is 0 Å². The van der Waals surface area contributed by atoms with Gasteiger partial charge in [-0.3, -0.25) is 0 Å². The average Bonchev–Trinajstić information content (AvgIpc) is 2.27. The standard InChI is InChI=1S/C12H23.C3H7.Sn/c1-3-5-8-12-10-7-6-9-11(12)4-2;1-3-2;/h11-12H,2-10H2,1H3;3H,1-2H3;. The summed E-state index contributed by atoms with van der Waals surface area (Å²) < 4.78 is 2.72. The molecule has 0 bridgehead atoms. The van der Waals surface area contributed by atoms with E-state index in [0.29, 0.717) is 0 Å². The van der Waals surface area contributed by atoms with Crippen LogP contribution in [0.3, 0.4) is 0 Å². The van der Waals surface area contributed by atoms with Gasteiger partial charge in [0, 0.05) is 0 Å². The van der Waals surface area contributed by atoms with Crippen molar-refractivity contribution in [2.45, 2.75) is 80.5 Å². The van der Waals surface area contributed by atoms with E-state index in [2.05, 4.69) is 20.8 Å². The molecular weight excluding hydrogens is 299 g/mol. The molecule has 0 saturated heterocycles. The first-order chi connectivity index (χ1) is 7.74. The second-order valence-electron chi connectivity index (χ2n) is 5.84. The Labute approximate surface area is 113 Å². The van der Waals surface area contributed by atoms with Crippen LogP contribution in [0, 0.1) is 11.8 Å². The number of hydrogen-bond acceptors (Lipinski definition) is 0. The van der Waals surface area contributed by atoms with E-state index >= 15 is 0 Å². The predicted octanol–water partition coefficient (Wildman–Crippen LogP) is 5.32. The van der Waals surface area contributed by atoms with Gasteiger partial charge < -0.3 is 0 Å². The first kappa shape index (κ1) is 14.9. The fourth-order valence-electron chi connectivity index (χ4n) is 3.07. The Morgan fingerprint density at radius 1 is 1.06 bits per heavy atom. The zero-order chi connectivity index (χ0) is 11.8. The van der Waals surface area contributed by atoms with Gasteiger partial charge in [0.2, 0.25) is 0 Å². The Hall–Kier alpha value is 0.799. The molecule has 2 unspecified atom stereocenters. The van der Waals surface area contributed by atoms with Gasteiger partial charge in [-0.15, -0.1) is 0 Å². The van der Waals surface area contributed by atoms with Crippen LogP contribution in [-0.4, -0.2) is 21.1 Å². The predicted molar refractivity (Wildman–Crippen MR) is 75.2 cm³/mol. The minimum absolute atomic E-state index is 0.00554. The van der Waals surface area contributed by atoms with Gasteiger partial charge in [0.15, 0.2) is 0 Å². The normalized spacial score (nSPS) is 26.2. The van der Waals surface area contributed by atoms with E-state index in [1.54, 1.807) is 23.7 Å². The van der Waals surface area contributed by atoms with Gasteiger partial charge in [-0.1, -0.05) is 0 Å². The van der Waals surface area contributed by atoms with Crippen LogP contribution in [0.4, 0.5) is 0 Å².